The van der Waals surface area contributed by atoms with Crippen LogP contribution in [0, 0.1) is 0 Å². The summed E-state index contributed by atoms with van der Waals surface area (Å²) in [5.74, 6) is 0.0489. The Hall–Kier alpha value is -0.610. The third kappa shape index (κ3) is 7.65. The molecule has 1 unspecified atom stereocenters. The van der Waals surface area contributed by atoms with Gasteiger partial charge in [0.05, 0.1) is 12.1 Å². The Labute approximate surface area is 99.1 Å². The van der Waals surface area contributed by atoms with Gasteiger partial charge in [-0.2, -0.15) is 0 Å². The molecule has 0 heterocycles. The van der Waals surface area contributed by atoms with Crippen LogP contribution in [0.3, 0.4) is 0 Å². The van der Waals surface area contributed by atoms with Gasteiger partial charge in [-0.1, -0.05) is 13.3 Å². The minimum Gasteiger partial charge on any atom is -0.377 e. The van der Waals surface area contributed by atoms with Crippen molar-refractivity contribution in [1.82, 2.24) is 10.6 Å². The van der Waals surface area contributed by atoms with E-state index in [1.165, 1.54) is 0 Å². The quantitative estimate of drug-likeness (QED) is 0.661. The highest BCUT2D eigenvalue weighted by atomic mass is 16.5. The lowest BCUT2D eigenvalue weighted by Crippen LogP contribution is -2.43. The highest BCUT2D eigenvalue weighted by molar-refractivity contribution is 5.78. The summed E-state index contributed by atoms with van der Waals surface area (Å²) in [5, 5.41) is 6.03. The molecule has 0 aromatic rings. The van der Waals surface area contributed by atoms with Gasteiger partial charge in [0.1, 0.15) is 0 Å². The Bertz CT molecular complexity index is 205. The molecule has 0 radical (unpaired) electrons. The number of methoxy groups -OCH3 is 1. The van der Waals surface area contributed by atoms with Crippen LogP contribution in [0.25, 0.3) is 0 Å². The average molecular weight is 230 g/mol. The van der Waals surface area contributed by atoms with Crippen LogP contribution in [0.4, 0.5) is 0 Å². The average Bonchev–Trinajstić information content (AvgIpc) is 2.17. The van der Waals surface area contributed by atoms with E-state index in [4.69, 9.17) is 4.74 Å². The highest BCUT2D eigenvalue weighted by Crippen LogP contribution is 2.04. The summed E-state index contributed by atoms with van der Waals surface area (Å²) in [6.07, 6.45) is 2.11. The number of rotatable bonds is 8. The first-order valence-electron chi connectivity index (χ1n) is 5.96. The molecule has 0 aromatic carbocycles. The molecule has 0 saturated heterocycles. The topological polar surface area (TPSA) is 50.4 Å². The summed E-state index contributed by atoms with van der Waals surface area (Å²) in [7, 11) is 1.67. The monoisotopic (exact) mass is 230 g/mol. The number of hydrogen-bond donors (Lipinski definition) is 2. The predicted molar refractivity (Wildman–Crippen MR) is 66.5 cm³/mol. The van der Waals surface area contributed by atoms with E-state index >= 15 is 0 Å². The number of carbonyl (C=O) groups is 1. The smallest absolute Gasteiger partial charge is 0.234 e. The molecule has 0 spiro atoms. The van der Waals surface area contributed by atoms with Gasteiger partial charge in [-0.15, -0.1) is 0 Å². The van der Waals surface area contributed by atoms with Crippen molar-refractivity contribution in [3.63, 3.8) is 0 Å². The lowest BCUT2D eigenvalue weighted by molar-refractivity contribution is -0.121. The lowest BCUT2D eigenvalue weighted by Gasteiger charge is -2.23. The zero-order valence-electron chi connectivity index (χ0n) is 11.2. The maximum Gasteiger partial charge on any atom is 0.234 e. The van der Waals surface area contributed by atoms with Crippen molar-refractivity contribution in [2.75, 3.05) is 20.2 Å². The van der Waals surface area contributed by atoms with Crippen LogP contribution in [0.5, 0.6) is 0 Å². The minimum absolute atomic E-state index is 0.0489. The molecule has 0 rings (SSSR count). The number of carbonyl (C=O) groups excluding carboxylic acids is 1. The molecular weight excluding hydrogens is 204 g/mol. The van der Waals surface area contributed by atoms with E-state index in [2.05, 4.69) is 17.6 Å². The molecule has 1 amide bonds. The van der Waals surface area contributed by atoms with Crippen molar-refractivity contribution in [3.8, 4) is 0 Å². The molecule has 1 atom stereocenters. The van der Waals surface area contributed by atoms with Gasteiger partial charge < -0.3 is 15.4 Å². The molecule has 0 bridgehead atoms. The molecule has 0 aliphatic heterocycles. The van der Waals surface area contributed by atoms with E-state index in [0.29, 0.717) is 13.1 Å². The third-order valence-corrected chi connectivity index (χ3v) is 2.52. The molecule has 0 aliphatic carbocycles. The number of nitrogens with one attached hydrogen (secondary N) is 2. The van der Waals surface area contributed by atoms with E-state index in [1.807, 2.05) is 20.8 Å². The zero-order valence-corrected chi connectivity index (χ0v) is 11.2. The Morgan fingerprint density at radius 2 is 2.06 bits per heavy atom. The van der Waals surface area contributed by atoms with E-state index in [0.717, 1.165) is 12.8 Å². The van der Waals surface area contributed by atoms with Crippen molar-refractivity contribution in [1.29, 1.82) is 0 Å². The fraction of sp³-hybridized carbons (Fsp3) is 0.917. The Kier molecular flexibility index (Phi) is 7.34. The summed E-state index contributed by atoms with van der Waals surface area (Å²) >= 11 is 0. The van der Waals surface area contributed by atoms with E-state index < -0.39 is 0 Å². The first-order valence-corrected chi connectivity index (χ1v) is 5.96. The molecule has 0 saturated carbocycles. The molecule has 16 heavy (non-hydrogen) atoms. The highest BCUT2D eigenvalue weighted by Gasteiger charge is 2.16. The summed E-state index contributed by atoms with van der Waals surface area (Å²) in [4.78, 5) is 11.5. The maximum absolute atomic E-state index is 11.5. The van der Waals surface area contributed by atoms with Crippen LogP contribution in [0.1, 0.15) is 40.5 Å². The zero-order chi connectivity index (χ0) is 12.6. The van der Waals surface area contributed by atoms with Gasteiger partial charge in [-0.25, -0.2) is 0 Å². The third-order valence-electron chi connectivity index (χ3n) is 2.52. The van der Waals surface area contributed by atoms with Gasteiger partial charge in [0.25, 0.3) is 0 Å². The van der Waals surface area contributed by atoms with Gasteiger partial charge in [0.15, 0.2) is 0 Å². The second-order valence-electron chi connectivity index (χ2n) is 4.82. The van der Waals surface area contributed by atoms with Gasteiger partial charge in [0, 0.05) is 19.7 Å². The predicted octanol–water partition coefficient (Wildman–Crippen LogP) is 1.31. The first-order chi connectivity index (χ1) is 7.41. The van der Waals surface area contributed by atoms with Gasteiger partial charge in [-0.05, 0) is 27.2 Å². The van der Waals surface area contributed by atoms with Crippen molar-refractivity contribution in [2.24, 2.45) is 0 Å². The van der Waals surface area contributed by atoms with Gasteiger partial charge in [-0.3, -0.25) is 4.79 Å². The van der Waals surface area contributed by atoms with Crippen LogP contribution in [0.15, 0.2) is 0 Å². The minimum atomic E-state index is -0.227. The van der Waals surface area contributed by atoms with E-state index in [1.54, 1.807) is 7.11 Å². The van der Waals surface area contributed by atoms with Crippen LogP contribution in [-0.4, -0.2) is 37.7 Å². The Morgan fingerprint density at radius 1 is 1.44 bits per heavy atom. The largest absolute Gasteiger partial charge is 0.377 e. The van der Waals surface area contributed by atoms with Crippen LogP contribution in [0.2, 0.25) is 0 Å². The maximum atomic E-state index is 11.5. The molecular formula is C12H26N2O2. The fourth-order valence-corrected chi connectivity index (χ4v) is 1.38. The summed E-state index contributed by atoms with van der Waals surface area (Å²) < 4.78 is 5.24. The molecule has 96 valence electrons. The second kappa shape index (κ2) is 7.63. The number of hydrogen-bond acceptors (Lipinski definition) is 3. The van der Waals surface area contributed by atoms with Crippen LogP contribution < -0.4 is 10.6 Å². The standard InChI is InChI=1S/C12H26N2O2/c1-6-7-10(2)14-11(15)8-13-9-12(3,4)16-5/h10,13H,6-9H2,1-5H3,(H,14,15). The Balaban J connectivity index is 3.66. The van der Waals surface area contributed by atoms with Crippen molar-refractivity contribution >= 4 is 5.91 Å². The normalized spacial score (nSPS) is 13.6. The summed E-state index contributed by atoms with van der Waals surface area (Å²) in [6.45, 7) is 9.12. The fourth-order valence-electron chi connectivity index (χ4n) is 1.38. The van der Waals surface area contributed by atoms with E-state index in [9.17, 15) is 4.79 Å². The summed E-state index contributed by atoms with van der Waals surface area (Å²) in [5.41, 5.74) is -0.227. The second-order valence-corrected chi connectivity index (χ2v) is 4.82. The van der Waals surface area contributed by atoms with Crippen LogP contribution >= 0.6 is 0 Å². The van der Waals surface area contributed by atoms with E-state index in [-0.39, 0.29) is 17.6 Å². The Morgan fingerprint density at radius 3 is 2.56 bits per heavy atom. The lowest BCUT2D eigenvalue weighted by atomic mass is 10.1. The molecule has 0 aromatic heterocycles. The molecule has 4 nitrogen and oxygen atoms in total. The summed E-state index contributed by atoms with van der Waals surface area (Å²) in [6, 6.07) is 0.259. The first kappa shape index (κ1) is 15.4. The van der Waals surface area contributed by atoms with Crippen molar-refractivity contribution in [3.05, 3.63) is 0 Å². The number of ether oxygens (including phenoxy) is 1. The van der Waals surface area contributed by atoms with Crippen LogP contribution in [-0.2, 0) is 9.53 Å². The SMILES string of the molecule is CCCC(C)NC(=O)CNCC(C)(C)OC. The van der Waals surface area contributed by atoms with Crippen molar-refractivity contribution in [2.45, 2.75) is 52.2 Å². The molecule has 4 heteroatoms. The number of amides is 1. The molecule has 0 fully saturated rings. The molecule has 2 N–H and O–H groups in total. The van der Waals surface area contributed by atoms with Gasteiger partial charge in [0.2, 0.25) is 5.91 Å². The molecule has 0 aliphatic rings. The van der Waals surface area contributed by atoms with Gasteiger partial charge >= 0.3 is 0 Å². The van der Waals surface area contributed by atoms with Crippen molar-refractivity contribution < 1.29 is 9.53 Å².